The SMILES string of the molecule is Cc1nccnc1NCC(C)CCC(=O)O. The third-order valence-corrected chi connectivity index (χ3v) is 2.35. The fourth-order valence-corrected chi connectivity index (χ4v) is 1.32. The molecular weight excluding hydrogens is 206 g/mol. The molecule has 88 valence electrons. The number of aromatic nitrogens is 2. The van der Waals surface area contributed by atoms with Crippen molar-refractivity contribution >= 4 is 11.8 Å². The number of hydrogen-bond acceptors (Lipinski definition) is 4. The summed E-state index contributed by atoms with van der Waals surface area (Å²) in [5.74, 6) is 0.324. The zero-order valence-corrected chi connectivity index (χ0v) is 9.60. The second kappa shape index (κ2) is 6.05. The molecule has 0 bridgehead atoms. The Morgan fingerprint density at radius 2 is 2.19 bits per heavy atom. The molecule has 0 saturated carbocycles. The Bertz CT molecular complexity index is 355. The molecule has 1 unspecified atom stereocenters. The van der Waals surface area contributed by atoms with Crippen LogP contribution in [0.25, 0.3) is 0 Å². The monoisotopic (exact) mass is 223 g/mol. The Morgan fingerprint density at radius 3 is 2.81 bits per heavy atom. The van der Waals surface area contributed by atoms with Gasteiger partial charge in [-0.2, -0.15) is 0 Å². The van der Waals surface area contributed by atoms with Gasteiger partial charge in [0.25, 0.3) is 0 Å². The van der Waals surface area contributed by atoms with Gasteiger partial charge >= 0.3 is 5.97 Å². The number of aliphatic carboxylic acids is 1. The van der Waals surface area contributed by atoms with E-state index in [1.54, 1.807) is 12.4 Å². The number of carboxylic acid groups (broad SMARTS) is 1. The number of rotatable bonds is 6. The predicted molar refractivity (Wildman–Crippen MR) is 61.3 cm³/mol. The van der Waals surface area contributed by atoms with Crippen LogP contribution >= 0.6 is 0 Å². The molecule has 0 radical (unpaired) electrons. The topological polar surface area (TPSA) is 75.1 Å². The highest BCUT2D eigenvalue weighted by Crippen LogP contribution is 2.10. The molecule has 2 N–H and O–H groups in total. The summed E-state index contributed by atoms with van der Waals surface area (Å²) in [5.41, 5.74) is 0.855. The fraction of sp³-hybridized carbons (Fsp3) is 0.545. The van der Waals surface area contributed by atoms with Gasteiger partial charge in [0.05, 0.1) is 5.69 Å². The molecule has 0 saturated heterocycles. The minimum Gasteiger partial charge on any atom is -0.481 e. The number of carboxylic acids is 1. The first-order chi connectivity index (χ1) is 7.59. The summed E-state index contributed by atoms with van der Waals surface area (Å²) in [4.78, 5) is 18.7. The zero-order valence-electron chi connectivity index (χ0n) is 9.60. The molecule has 0 amide bonds. The van der Waals surface area contributed by atoms with Crippen molar-refractivity contribution in [3.63, 3.8) is 0 Å². The van der Waals surface area contributed by atoms with Gasteiger partial charge in [-0.1, -0.05) is 6.92 Å². The maximum absolute atomic E-state index is 10.4. The number of anilines is 1. The normalized spacial score (nSPS) is 12.1. The molecule has 0 aromatic carbocycles. The van der Waals surface area contributed by atoms with Crippen LogP contribution in [-0.4, -0.2) is 27.6 Å². The maximum Gasteiger partial charge on any atom is 0.303 e. The van der Waals surface area contributed by atoms with Gasteiger partial charge in [0, 0.05) is 25.4 Å². The molecule has 5 heteroatoms. The second-order valence-electron chi connectivity index (χ2n) is 3.91. The van der Waals surface area contributed by atoms with Gasteiger partial charge in [-0.3, -0.25) is 9.78 Å². The minimum absolute atomic E-state index is 0.211. The number of carbonyl (C=O) groups is 1. The molecule has 0 spiro atoms. The summed E-state index contributed by atoms with van der Waals surface area (Å²) >= 11 is 0. The van der Waals surface area contributed by atoms with E-state index in [1.807, 2.05) is 13.8 Å². The molecule has 1 aromatic heterocycles. The van der Waals surface area contributed by atoms with Crippen molar-refractivity contribution in [1.29, 1.82) is 0 Å². The lowest BCUT2D eigenvalue weighted by Gasteiger charge is -2.12. The highest BCUT2D eigenvalue weighted by Gasteiger charge is 2.06. The lowest BCUT2D eigenvalue weighted by molar-refractivity contribution is -0.137. The summed E-state index contributed by atoms with van der Waals surface area (Å²) in [5, 5.41) is 11.7. The van der Waals surface area contributed by atoms with Crippen molar-refractivity contribution in [1.82, 2.24) is 9.97 Å². The van der Waals surface area contributed by atoms with E-state index < -0.39 is 5.97 Å². The van der Waals surface area contributed by atoms with Gasteiger partial charge in [-0.05, 0) is 19.3 Å². The minimum atomic E-state index is -0.748. The van der Waals surface area contributed by atoms with E-state index in [9.17, 15) is 4.79 Å². The van der Waals surface area contributed by atoms with Crippen molar-refractivity contribution in [3.8, 4) is 0 Å². The molecule has 16 heavy (non-hydrogen) atoms. The summed E-state index contributed by atoms with van der Waals surface area (Å²) in [6.45, 7) is 4.62. The first-order valence-electron chi connectivity index (χ1n) is 5.33. The van der Waals surface area contributed by atoms with Gasteiger partial charge in [0.1, 0.15) is 5.82 Å². The van der Waals surface area contributed by atoms with Crippen LogP contribution in [0.4, 0.5) is 5.82 Å². The average Bonchev–Trinajstić information content (AvgIpc) is 2.25. The summed E-state index contributed by atoms with van der Waals surface area (Å²) in [6.07, 6.45) is 4.16. The molecule has 1 heterocycles. The van der Waals surface area contributed by atoms with E-state index in [0.29, 0.717) is 18.9 Å². The fourth-order valence-electron chi connectivity index (χ4n) is 1.32. The highest BCUT2D eigenvalue weighted by atomic mass is 16.4. The third-order valence-electron chi connectivity index (χ3n) is 2.35. The quantitative estimate of drug-likeness (QED) is 0.767. The number of aryl methyl sites for hydroxylation is 1. The van der Waals surface area contributed by atoms with E-state index in [1.165, 1.54) is 0 Å². The largest absolute Gasteiger partial charge is 0.481 e. The van der Waals surface area contributed by atoms with Crippen molar-refractivity contribution in [2.24, 2.45) is 5.92 Å². The van der Waals surface area contributed by atoms with Crippen LogP contribution in [0.15, 0.2) is 12.4 Å². The molecule has 0 aliphatic rings. The molecule has 0 fully saturated rings. The van der Waals surface area contributed by atoms with Crippen LogP contribution in [0.3, 0.4) is 0 Å². The second-order valence-corrected chi connectivity index (χ2v) is 3.91. The lowest BCUT2D eigenvalue weighted by atomic mass is 10.1. The maximum atomic E-state index is 10.4. The third kappa shape index (κ3) is 4.25. The lowest BCUT2D eigenvalue weighted by Crippen LogP contribution is -2.14. The predicted octanol–water partition coefficient (Wildman–Crippen LogP) is 1.70. The van der Waals surface area contributed by atoms with Gasteiger partial charge in [0.2, 0.25) is 0 Å². The molecule has 1 aromatic rings. The molecule has 0 aliphatic carbocycles. The van der Waals surface area contributed by atoms with Crippen LogP contribution < -0.4 is 5.32 Å². The average molecular weight is 223 g/mol. The van der Waals surface area contributed by atoms with Gasteiger partial charge in [-0.15, -0.1) is 0 Å². The number of nitrogens with one attached hydrogen (secondary N) is 1. The smallest absolute Gasteiger partial charge is 0.303 e. The van der Waals surface area contributed by atoms with E-state index in [2.05, 4.69) is 15.3 Å². The molecular formula is C11H17N3O2. The van der Waals surface area contributed by atoms with Crippen LogP contribution in [-0.2, 0) is 4.79 Å². The van der Waals surface area contributed by atoms with Crippen molar-refractivity contribution < 1.29 is 9.90 Å². The summed E-state index contributed by atoms with van der Waals surface area (Å²) in [7, 11) is 0. The van der Waals surface area contributed by atoms with E-state index in [-0.39, 0.29) is 6.42 Å². The Labute approximate surface area is 94.9 Å². The van der Waals surface area contributed by atoms with Gasteiger partial charge < -0.3 is 10.4 Å². The van der Waals surface area contributed by atoms with E-state index >= 15 is 0 Å². The molecule has 1 rings (SSSR count). The zero-order chi connectivity index (χ0) is 12.0. The van der Waals surface area contributed by atoms with E-state index in [0.717, 1.165) is 11.5 Å². The van der Waals surface area contributed by atoms with Crippen LogP contribution in [0, 0.1) is 12.8 Å². The summed E-state index contributed by atoms with van der Waals surface area (Å²) < 4.78 is 0. The Kier molecular flexibility index (Phi) is 4.69. The first-order valence-corrected chi connectivity index (χ1v) is 5.33. The number of nitrogens with zero attached hydrogens (tertiary/aromatic N) is 2. The van der Waals surface area contributed by atoms with E-state index in [4.69, 9.17) is 5.11 Å². The summed E-state index contributed by atoms with van der Waals surface area (Å²) in [6, 6.07) is 0. The van der Waals surface area contributed by atoms with Gasteiger partial charge in [-0.25, -0.2) is 4.98 Å². The number of hydrogen-bond donors (Lipinski definition) is 2. The van der Waals surface area contributed by atoms with Gasteiger partial charge in [0.15, 0.2) is 0 Å². The van der Waals surface area contributed by atoms with Crippen LogP contribution in [0.1, 0.15) is 25.5 Å². The van der Waals surface area contributed by atoms with Crippen molar-refractivity contribution in [3.05, 3.63) is 18.1 Å². The van der Waals surface area contributed by atoms with Crippen LogP contribution in [0.5, 0.6) is 0 Å². The molecule has 0 aliphatic heterocycles. The van der Waals surface area contributed by atoms with Crippen LogP contribution in [0.2, 0.25) is 0 Å². The molecule has 1 atom stereocenters. The Hall–Kier alpha value is -1.65. The highest BCUT2D eigenvalue weighted by molar-refractivity contribution is 5.66. The Balaban J connectivity index is 2.34. The first kappa shape index (κ1) is 12.4. The van der Waals surface area contributed by atoms with Crippen molar-refractivity contribution in [2.45, 2.75) is 26.7 Å². The van der Waals surface area contributed by atoms with Crippen molar-refractivity contribution in [2.75, 3.05) is 11.9 Å². The standard InChI is InChI=1S/C11H17N3O2/c1-8(3-4-10(15)16)7-14-11-9(2)12-5-6-13-11/h5-6,8H,3-4,7H2,1-2H3,(H,13,14)(H,15,16). The molecule has 5 nitrogen and oxygen atoms in total. The Morgan fingerprint density at radius 1 is 1.50 bits per heavy atom.